The van der Waals surface area contributed by atoms with Crippen molar-refractivity contribution in [1.29, 1.82) is 5.41 Å². The van der Waals surface area contributed by atoms with Crippen LogP contribution in [0.25, 0.3) is 11.3 Å². The Bertz CT molecular complexity index is 766. The van der Waals surface area contributed by atoms with Crippen LogP contribution in [0.2, 0.25) is 5.15 Å². The number of rotatable bonds is 7. The van der Waals surface area contributed by atoms with E-state index in [0.29, 0.717) is 22.3 Å². The van der Waals surface area contributed by atoms with Gasteiger partial charge in [0.15, 0.2) is 10.9 Å². The number of anilines is 1. The van der Waals surface area contributed by atoms with Gasteiger partial charge in [0.25, 0.3) is 0 Å². The van der Waals surface area contributed by atoms with Gasteiger partial charge in [-0.05, 0) is 24.4 Å². The highest BCUT2D eigenvalue weighted by atomic mass is 35.5. The summed E-state index contributed by atoms with van der Waals surface area (Å²) in [5.41, 5.74) is 2.59. The molecule has 0 bridgehead atoms. The van der Waals surface area contributed by atoms with Gasteiger partial charge in [-0.2, -0.15) is 4.98 Å². The number of halogens is 1. The summed E-state index contributed by atoms with van der Waals surface area (Å²) in [4.78, 5) is 9.40. The predicted octanol–water partition coefficient (Wildman–Crippen LogP) is 3.88. The summed E-state index contributed by atoms with van der Waals surface area (Å²) in [7, 11) is 3.30. The number of nitrogens with zero attached hydrogens (tertiary/aromatic N) is 2. The van der Waals surface area contributed by atoms with Gasteiger partial charge in [0.2, 0.25) is 5.95 Å². The van der Waals surface area contributed by atoms with E-state index in [9.17, 15) is 0 Å². The first-order chi connectivity index (χ1) is 11.6. The summed E-state index contributed by atoms with van der Waals surface area (Å²) in [6.07, 6.45) is 2.92. The second kappa shape index (κ2) is 8.56. The highest BCUT2D eigenvalue weighted by Crippen LogP contribution is 2.36. The number of methoxy groups -OCH3 is 1. The Morgan fingerprint density at radius 2 is 2.08 bits per heavy atom. The summed E-state index contributed by atoms with van der Waals surface area (Å²) >= 11 is 7.46. The van der Waals surface area contributed by atoms with Crippen LogP contribution in [-0.4, -0.2) is 30.3 Å². The number of hydrogen-bond acceptors (Lipinski definition) is 7. The van der Waals surface area contributed by atoms with Gasteiger partial charge in [-0.3, -0.25) is 4.72 Å². The Morgan fingerprint density at radius 1 is 1.33 bits per heavy atom. The van der Waals surface area contributed by atoms with Gasteiger partial charge < -0.3 is 15.5 Å². The molecular weight excluding hydrogens is 346 g/mol. The van der Waals surface area contributed by atoms with Crippen LogP contribution in [0.1, 0.15) is 5.56 Å². The van der Waals surface area contributed by atoms with Gasteiger partial charge in [-0.15, -0.1) is 0 Å². The van der Waals surface area contributed by atoms with Crippen molar-refractivity contribution >= 4 is 35.7 Å². The van der Waals surface area contributed by atoms with Crippen LogP contribution in [0.4, 0.5) is 5.95 Å². The van der Waals surface area contributed by atoms with E-state index in [-0.39, 0.29) is 5.15 Å². The van der Waals surface area contributed by atoms with Crippen LogP contribution >= 0.6 is 23.5 Å². The summed E-state index contributed by atoms with van der Waals surface area (Å²) in [5, 5.41) is 10.5. The Hall–Kier alpha value is -2.25. The van der Waals surface area contributed by atoms with E-state index >= 15 is 0 Å². The van der Waals surface area contributed by atoms with Gasteiger partial charge in [0.05, 0.1) is 12.0 Å². The number of benzene rings is 1. The van der Waals surface area contributed by atoms with Crippen LogP contribution < -0.4 is 14.8 Å². The fourth-order valence-corrected chi connectivity index (χ4v) is 2.80. The molecule has 0 atom stereocenters. The van der Waals surface area contributed by atoms with E-state index in [4.69, 9.17) is 21.7 Å². The lowest BCUT2D eigenvalue weighted by molar-refractivity contribution is 0.413. The van der Waals surface area contributed by atoms with Crippen molar-refractivity contribution in [3.8, 4) is 17.0 Å². The number of aryl methyl sites for hydroxylation is 1. The van der Waals surface area contributed by atoms with Crippen molar-refractivity contribution in [3.05, 3.63) is 46.1 Å². The lowest BCUT2D eigenvalue weighted by atomic mass is 10.1. The van der Waals surface area contributed by atoms with Crippen LogP contribution in [0.15, 0.2) is 35.4 Å². The quantitative estimate of drug-likeness (QED) is 0.393. The predicted molar refractivity (Wildman–Crippen MR) is 101 cm³/mol. The van der Waals surface area contributed by atoms with Gasteiger partial charge >= 0.3 is 0 Å². The standard InChI is InChI=1S/C16H18ClN5OS/c1-10-6-4-5-7-12(10)13-14(23-3)15(17)21-16(20-13)22-24-11(8-18)9-19-2/h4-9,18-19H,1-3H3,(H,20,21,22)/b11-9+,18-8?. The first-order valence-electron chi connectivity index (χ1n) is 7.09. The molecule has 0 unspecified atom stereocenters. The fraction of sp³-hybridized carbons (Fsp3) is 0.188. The minimum atomic E-state index is 0.225. The van der Waals surface area contributed by atoms with Gasteiger partial charge in [-0.1, -0.05) is 35.9 Å². The molecule has 2 aromatic rings. The molecule has 6 nitrogen and oxygen atoms in total. The highest BCUT2D eigenvalue weighted by Gasteiger charge is 2.17. The molecule has 0 aliphatic carbocycles. The lowest BCUT2D eigenvalue weighted by Gasteiger charge is -2.13. The van der Waals surface area contributed by atoms with E-state index in [1.165, 1.54) is 25.3 Å². The van der Waals surface area contributed by atoms with Crippen molar-refractivity contribution < 1.29 is 4.74 Å². The van der Waals surface area contributed by atoms with E-state index in [1.54, 1.807) is 13.2 Å². The molecule has 2 rings (SSSR count). The summed E-state index contributed by atoms with van der Waals surface area (Å²) in [5.74, 6) is 0.771. The monoisotopic (exact) mass is 363 g/mol. The third kappa shape index (κ3) is 4.18. The number of ether oxygens (including phenoxy) is 1. The van der Waals surface area contributed by atoms with Crippen molar-refractivity contribution in [2.75, 3.05) is 18.9 Å². The molecule has 0 radical (unpaired) electrons. The molecule has 24 heavy (non-hydrogen) atoms. The number of nitrogens with one attached hydrogen (secondary N) is 3. The molecule has 0 fully saturated rings. The molecule has 0 saturated carbocycles. The molecule has 3 N–H and O–H groups in total. The zero-order valence-electron chi connectivity index (χ0n) is 13.6. The van der Waals surface area contributed by atoms with E-state index in [1.807, 2.05) is 31.2 Å². The molecule has 0 amide bonds. The fourth-order valence-electron chi connectivity index (χ4n) is 2.02. The number of aromatic nitrogens is 2. The number of hydrogen-bond donors (Lipinski definition) is 3. The van der Waals surface area contributed by atoms with Crippen LogP contribution in [-0.2, 0) is 0 Å². The summed E-state index contributed by atoms with van der Waals surface area (Å²) < 4.78 is 8.37. The molecule has 1 aromatic heterocycles. The van der Waals surface area contributed by atoms with Crippen LogP contribution in [0.5, 0.6) is 5.75 Å². The van der Waals surface area contributed by atoms with E-state index in [0.717, 1.165) is 11.1 Å². The third-order valence-corrected chi connectivity index (χ3v) is 4.13. The molecule has 1 heterocycles. The SMILES string of the molecule is CN/C=C(\C=N)SNc1nc(Cl)c(OC)c(-c2ccccc2C)n1. The largest absolute Gasteiger partial charge is 0.491 e. The van der Waals surface area contributed by atoms with Gasteiger partial charge in [-0.25, -0.2) is 4.98 Å². The lowest BCUT2D eigenvalue weighted by Crippen LogP contribution is -2.03. The maximum atomic E-state index is 7.36. The Kier molecular flexibility index (Phi) is 6.45. The van der Waals surface area contributed by atoms with Gasteiger partial charge in [0, 0.05) is 25.0 Å². The first kappa shape index (κ1) is 18.1. The van der Waals surface area contributed by atoms with E-state index < -0.39 is 0 Å². The molecule has 0 aliphatic heterocycles. The van der Waals surface area contributed by atoms with Crippen molar-refractivity contribution in [2.24, 2.45) is 0 Å². The Balaban J connectivity index is 2.41. The summed E-state index contributed by atoms with van der Waals surface area (Å²) in [6, 6.07) is 7.84. The van der Waals surface area contributed by atoms with Crippen molar-refractivity contribution in [3.63, 3.8) is 0 Å². The topological polar surface area (TPSA) is 82.9 Å². The Labute approximate surface area is 150 Å². The first-order valence-corrected chi connectivity index (χ1v) is 8.28. The zero-order chi connectivity index (χ0) is 17.5. The average Bonchev–Trinajstić information content (AvgIpc) is 2.58. The average molecular weight is 364 g/mol. The van der Waals surface area contributed by atoms with Crippen molar-refractivity contribution in [2.45, 2.75) is 6.92 Å². The second-order valence-electron chi connectivity index (χ2n) is 4.72. The summed E-state index contributed by atoms with van der Waals surface area (Å²) in [6.45, 7) is 2.00. The van der Waals surface area contributed by atoms with Crippen LogP contribution in [0, 0.1) is 12.3 Å². The highest BCUT2D eigenvalue weighted by molar-refractivity contribution is 8.05. The molecule has 126 valence electrons. The Morgan fingerprint density at radius 3 is 2.71 bits per heavy atom. The van der Waals surface area contributed by atoms with Crippen molar-refractivity contribution in [1.82, 2.24) is 15.3 Å². The van der Waals surface area contributed by atoms with Gasteiger partial charge in [0.1, 0.15) is 5.69 Å². The molecule has 0 saturated heterocycles. The van der Waals surface area contributed by atoms with E-state index in [2.05, 4.69) is 20.0 Å². The molecule has 8 heteroatoms. The minimum absolute atomic E-state index is 0.225. The molecule has 1 aromatic carbocycles. The third-order valence-electron chi connectivity index (χ3n) is 3.12. The molecular formula is C16H18ClN5OS. The zero-order valence-corrected chi connectivity index (χ0v) is 15.1. The molecule has 0 aliphatic rings. The smallest absolute Gasteiger partial charge is 0.235 e. The van der Waals surface area contributed by atoms with Crippen LogP contribution in [0.3, 0.4) is 0 Å². The minimum Gasteiger partial charge on any atom is -0.491 e. The molecule has 0 spiro atoms. The second-order valence-corrected chi connectivity index (χ2v) is 5.96. The number of allylic oxidation sites excluding steroid dienone is 1. The maximum absolute atomic E-state index is 7.36. The maximum Gasteiger partial charge on any atom is 0.235 e. The normalized spacial score (nSPS) is 11.1.